The molecular formula is C15H21Cl2N3O2S. The average molecular weight is 378 g/mol. The van der Waals surface area contributed by atoms with Crippen molar-refractivity contribution in [1.29, 1.82) is 0 Å². The van der Waals surface area contributed by atoms with Gasteiger partial charge in [0, 0.05) is 12.6 Å². The lowest BCUT2D eigenvalue weighted by atomic mass is 10.2. The molecule has 2 heterocycles. The van der Waals surface area contributed by atoms with E-state index in [1.807, 2.05) is 26.0 Å². The minimum atomic E-state index is -0.101. The van der Waals surface area contributed by atoms with Gasteiger partial charge in [0.25, 0.3) is 5.91 Å². The van der Waals surface area contributed by atoms with Gasteiger partial charge in [0.2, 0.25) is 0 Å². The van der Waals surface area contributed by atoms with Crippen molar-refractivity contribution < 1.29 is 9.21 Å². The van der Waals surface area contributed by atoms with Crippen molar-refractivity contribution in [1.82, 2.24) is 10.3 Å². The fourth-order valence-corrected chi connectivity index (χ4v) is 3.19. The summed E-state index contributed by atoms with van der Waals surface area (Å²) in [7, 11) is 0. The number of amides is 1. The zero-order valence-electron chi connectivity index (χ0n) is 13.0. The van der Waals surface area contributed by atoms with Crippen LogP contribution in [0.5, 0.6) is 0 Å². The van der Waals surface area contributed by atoms with Crippen molar-refractivity contribution in [3.8, 4) is 10.8 Å². The van der Waals surface area contributed by atoms with Crippen LogP contribution in [0.15, 0.2) is 16.5 Å². The summed E-state index contributed by atoms with van der Waals surface area (Å²) in [5, 5.41) is 3.64. The van der Waals surface area contributed by atoms with Crippen LogP contribution in [0.1, 0.15) is 34.0 Å². The summed E-state index contributed by atoms with van der Waals surface area (Å²) >= 11 is 1.35. The van der Waals surface area contributed by atoms with E-state index in [9.17, 15) is 4.79 Å². The van der Waals surface area contributed by atoms with Gasteiger partial charge in [-0.2, -0.15) is 0 Å². The van der Waals surface area contributed by atoms with Crippen molar-refractivity contribution in [3.05, 3.63) is 28.5 Å². The minimum absolute atomic E-state index is 0. The number of carbonyl (C=O) groups is 1. The number of halogens is 2. The second kappa shape index (κ2) is 8.15. The van der Waals surface area contributed by atoms with Crippen LogP contribution in [-0.2, 0) is 0 Å². The molecule has 1 fully saturated rings. The maximum Gasteiger partial charge on any atom is 0.263 e. The zero-order valence-corrected chi connectivity index (χ0v) is 15.4. The lowest BCUT2D eigenvalue weighted by Gasteiger charge is -2.10. The Morgan fingerprint density at radius 3 is 2.70 bits per heavy atom. The van der Waals surface area contributed by atoms with Gasteiger partial charge in [-0.3, -0.25) is 4.79 Å². The number of hydrogen-bond acceptors (Lipinski definition) is 5. The Kier molecular flexibility index (Phi) is 7.07. The fourth-order valence-electron chi connectivity index (χ4n) is 2.24. The maximum atomic E-state index is 12.2. The van der Waals surface area contributed by atoms with Gasteiger partial charge in [-0.05, 0) is 44.7 Å². The molecule has 3 N–H and O–H groups in total. The molecule has 0 spiro atoms. The van der Waals surface area contributed by atoms with E-state index in [-0.39, 0.29) is 36.8 Å². The molecule has 0 saturated heterocycles. The van der Waals surface area contributed by atoms with Crippen molar-refractivity contribution >= 4 is 42.1 Å². The first-order valence-corrected chi connectivity index (χ1v) is 7.94. The topological polar surface area (TPSA) is 81.2 Å². The van der Waals surface area contributed by atoms with Gasteiger partial charge in [0.05, 0.1) is 5.69 Å². The van der Waals surface area contributed by atoms with E-state index in [0.29, 0.717) is 23.1 Å². The number of nitrogens with two attached hydrogens (primary N) is 1. The number of hydrogen-bond donors (Lipinski definition) is 2. The molecular weight excluding hydrogens is 357 g/mol. The van der Waals surface area contributed by atoms with Crippen LogP contribution in [0.2, 0.25) is 0 Å². The average Bonchev–Trinajstić information content (AvgIpc) is 3.11. The van der Waals surface area contributed by atoms with Crippen LogP contribution in [0.25, 0.3) is 10.8 Å². The highest BCUT2D eigenvalue weighted by molar-refractivity contribution is 7.17. The molecule has 1 unspecified atom stereocenters. The molecule has 1 aliphatic carbocycles. The SMILES string of the molecule is Cc1ccc(-c2nc(C)c(C(=O)NCC(N)C3CC3)s2)o1.Cl.Cl. The van der Waals surface area contributed by atoms with Crippen LogP contribution in [-0.4, -0.2) is 23.5 Å². The van der Waals surface area contributed by atoms with Crippen LogP contribution in [0, 0.1) is 19.8 Å². The fraction of sp³-hybridized carbons (Fsp3) is 0.467. The summed E-state index contributed by atoms with van der Waals surface area (Å²) in [6.07, 6.45) is 2.36. The lowest BCUT2D eigenvalue weighted by Crippen LogP contribution is -2.38. The molecule has 5 nitrogen and oxygen atoms in total. The Labute approximate surface area is 151 Å². The zero-order chi connectivity index (χ0) is 15.0. The number of nitrogens with one attached hydrogen (secondary N) is 1. The third-order valence-corrected chi connectivity index (χ3v) is 4.85. The van der Waals surface area contributed by atoms with Crippen molar-refractivity contribution in [2.24, 2.45) is 11.7 Å². The normalized spacial score (nSPS) is 14.6. The standard InChI is InChI=1S/C15H19N3O2S.2ClH/c1-8-3-6-12(20-8)15-18-9(2)13(21-15)14(19)17-7-11(16)10-4-5-10;;/h3,6,10-11H,4-5,7,16H2,1-2H3,(H,17,19);2*1H. The first kappa shape index (κ1) is 20.0. The van der Waals surface area contributed by atoms with Gasteiger partial charge in [-0.1, -0.05) is 0 Å². The first-order valence-electron chi connectivity index (χ1n) is 7.12. The summed E-state index contributed by atoms with van der Waals surface area (Å²) in [5.41, 5.74) is 6.72. The summed E-state index contributed by atoms with van der Waals surface area (Å²) < 4.78 is 5.55. The number of carbonyl (C=O) groups excluding carboxylic acids is 1. The number of aromatic nitrogens is 1. The Hall–Kier alpha value is -1.08. The smallest absolute Gasteiger partial charge is 0.263 e. The first-order chi connectivity index (χ1) is 10.0. The van der Waals surface area contributed by atoms with E-state index in [1.165, 1.54) is 24.2 Å². The molecule has 1 amide bonds. The predicted octanol–water partition coefficient (Wildman–Crippen LogP) is 3.33. The van der Waals surface area contributed by atoms with Crippen LogP contribution >= 0.6 is 36.2 Å². The number of furan rings is 1. The Morgan fingerprint density at radius 2 is 2.13 bits per heavy atom. The van der Waals surface area contributed by atoms with Gasteiger partial charge >= 0.3 is 0 Å². The van der Waals surface area contributed by atoms with Gasteiger partial charge in [-0.25, -0.2) is 4.98 Å². The molecule has 2 aromatic rings. The van der Waals surface area contributed by atoms with E-state index in [1.54, 1.807) is 0 Å². The third-order valence-electron chi connectivity index (χ3n) is 3.68. The molecule has 23 heavy (non-hydrogen) atoms. The highest BCUT2D eigenvalue weighted by atomic mass is 35.5. The Bertz CT molecular complexity index is 667. The second-order valence-electron chi connectivity index (χ2n) is 5.56. The largest absolute Gasteiger partial charge is 0.459 e. The molecule has 2 aromatic heterocycles. The molecule has 0 aromatic carbocycles. The minimum Gasteiger partial charge on any atom is -0.459 e. The molecule has 8 heteroatoms. The molecule has 1 saturated carbocycles. The van der Waals surface area contributed by atoms with E-state index >= 15 is 0 Å². The van der Waals surface area contributed by atoms with E-state index in [0.717, 1.165) is 16.5 Å². The van der Waals surface area contributed by atoms with Crippen LogP contribution in [0.4, 0.5) is 0 Å². The van der Waals surface area contributed by atoms with Gasteiger partial charge in [0.1, 0.15) is 10.6 Å². The highest BCUT2D eigenvalue weighted by Gasteiger charge is 2.29. The molecule has 0 bridgehead atoms. The highest BCUT2D eigenvalue weighted by Crippen LogP contribution is 2.31. The quantitative estimate of drug-likeness (QED) is 0.836. The van der Waals surface area contributed by atoms with Crippen molar-refractivity contribution in [3.63, 3.8) is 0 Å². The van der Waals surface area contributed by atoms with Crippen LogP contribution < -0.4 is 11.1 Å². The van der Waals surface area contributed by atoms with Crippen LogP contribution in [0.3, 0.4) is 0 Å². The summed E-state index contributed by atoms with van der Waals surface area (Å²) in [4.78, 5) is 17.3. The molecule has 1 atom stereocenters. The Balaban J connectivity index is 0.00000132. The lowest BCUT2D eigenvalue weighted by molar-refractivity contribution is 0.0953. The van der Waals surface area contributed by atoms with Gasteiger partial charge in [-0.15, -0.1) is 36.2 Å². The number of aryl methyl sites for hydroxylation is 2. The van der Waals surface area contributed by atoms with Crippen molar-refractivity contribution in [2.45, 2.75) is 32.7 Å². The molecule has 3 rings (SSSR count). The molecule has 0 aliphatic heterocycles. The number of thiazole rings is 1. The van der Waals surface area contributed by atoms with E-state index in [2.05, 4.69) is 10.3 Å². The molecule has 128 valence electrons. The van der Waals surface area contributed by atoms with E-state index < -0.39 is 0 Å². The summed E-state index contributed by atoms with van der Waals surface area (Å²) in [6, 6.07) is 3.83. The summed E-state index contributed by atoms with van der Waals surface area (Å²) in [6.45, 7) is 4.25. The number of rotatable bonds is 5. The number of nitrogens with zero attached hydrogens (tertiary/aromatic N) is 1. The van der Waals surface area contributed by atoms with Gasteiger partial charge in [0.15, 0.2) is 10.8 Å². The second-order valence-corrected chi connectivity index (χ2v) is 6.55. The summed E-state index contributed by atoms with van der Waals surface area (Å²) in [5.74, 6) is 2.01. The maximum absolute atomic E-state index is 12.2. The third kappa shape index (κ3) is 4.70. The monoisotopic (exact) mass is 377 g/mol. The predicted molar refractivity (Wildman–Crippen MR) is 96.8 cm³/mol. The van der Waals surface area contributed by atoms with E-state index in [4.69, 9.17) is 10.2 Å². The molecule has 1 aliphatic rings. The van der Waals surface area contributed by atoms with Crippen molar-refractivity contribution in [2.75, 3.05) is 6.54 Å². The van der Waals surface area contributed by atoms with Gasteiger partial charge < -0.3 is 15.5 Å². The molecule has 0 radical (unpaired) electrons. The Morgan fingerprint density at radius 1 is 1.43 bits per heavy atom.